The van der Waals surface area contributed by atoms with Gasteiger partial charge in [0.05, 0.1) is 14.2 Å². The number of aromatic nitrogens is 5. The van der Waals surface area contributed by atoms with E-state index in [1.165, 1.54) is 0 Å². The lowest BCUT2D eigenvalue weighted by atomic mass is 10.2. The smallest absolute Gasteiger partial charge is 0.212 e. The van der Waals surface area contributed by atoms with E-state index in [4.69, 9.17) is 14.1 Å². The summed E-state index contributed by atoms with van der Waals surface area (Å²) in [6.07, 6.45) is 3.71. The number of benzene rings is 1. The van der Waals surface area contributed by atoms with Gasteiger partial charge >= 0.3 is 0 Å². The average molecular weight is 311 g/mol. The van der Waals surface area contributed by atoms with Crippen molar-refractivity contribution in [2.24, 2.45) is 0 Å². The summed E-state index contributed by atoms with van der Waals surface area (Å²) in [7, 11) is 3.20. The van der Waals surface area contributed by atoms with Crippen LogP contribution in [0.3, 0.4) is 0 Å². The Kier molecular flexibility index (Phi) is 3.00. The van der Waals surface area contributed by atoms with Crippen LogP contribution in [-0.2, 0) is 0 Å². The fourth-order valence-corrected chi connectivity index (χ4v) is 2.47. The number of hydrogen-bond acceptors (Lipinski definition) is 6. The number of imidazole rings is 1. The zero-order valence-electron chi connectivity index (χ0n) is 12.5. The lowest BCUT2D eigenvalue weighted by molar-refractivity contribution is 0.307. The highest BCUT2D eigenvalue weighted by atomic mass is 16.6. The molecule has 0 saturated heterocycles. The van der Waals surface area contributed by atoms with Crippen LogP contribution in [0.15, 0.2) is 41.3 Å². The van der Waals surface area contributed by atoms with Crippen LogP contribution in [0.25, 0.3) is 28.4 Å². The van der Waals surface area contributed by atoms with Crippen LogP contribution in [-0.4, -0.2) is 39.1 Å². The van der Waals surface area contributed by atoms with Gasteiger partial charge < -0.3 is 19.0 Å². The zero-order chi connectivity index (χ0) is 15.8. The third-order valence-electron chi connectivity index (χ3n) is 3.55. The topological polar surface area (TPSA) is 91.0 Å². The summed E-state index contributed by atoms with van der Waals surface area (Å²) in [5.41, 5.74) is 1.88. The van der Waals surface area contributed by atoms with Gasteiger partial charge in [-0.1, -0.05) is 0 Å². The van der Waals surface area contributed by atoms with E-state index in [1.807, 2.05) is 30.6 Å². The molecule has 0 radical (unpaired) electrons. The number of methoxy groups -OCH3 is 2. The second kappa shape index (κ2) is 5.16. The Balaban J connectivity index is 1.93. The van der Waals surface area contributed by atoms with Gasteiger partial charge in [-0.25, -0.2) is 9.61 Å². The number of rotatable bonds is 4. The molecular formula is C15H13N5O3. The van der Waals surface area contributed by atoms with Crippen molar-refractivity contribution in [3.05, 3.63) is 36.7 Å². The highest BCUT2D eigenvalue weighted by Crippen LogP contribution is 2.34. The van der Waals surface area contributed by atoms with Crippen molar-refractivity contribution < 1.29 is 14.1 Å². The molecule has 23 heavy (non-hydrogen) atoms. The molecule has 1 N–H and O–H groups in total. The van der Waals surface area contributed by atoms with Crippen LogP contribution in [0.2, 0.25) is 0 Å². The van der Waals surface area contributed by atoms with Crippen molar-refractivity contribution in [1.82, 2.24) is 24.8 Å². The van der Waals surface area contributed by atoms with Gasteiger partial charge in [0.25, 0.3) is 0 Å². The Labute approximate surface area is 130 Å². The minimum absolute atomic E-state index is 0.501. The van der Waals surface area contributed by atoms with Crippen LogP contribution in [0.5, 0.6) is 11.5 Å². The van der Waals surface area contributed by atoms with Crippen molar-refractivity contribution in [3.8, 4) is 28.8 Å². The lowest BCUT2D eigenvalue weighted by Crippen LogP contribution is -1.94. The van der Waals surface area contributed by atoms with E-state index in [2.05, 4.69) is 20.3 Å². The van der Waals surface area contributed by atoms with Gasteiger partial charge in [-0.2, -0.15) is 0 Å². The molecule has 0 saturated carbocycles. The van der Waals surface area contributed by atoms with Gasteiger partial charge in [-0.15, -0.1) is 0 Å². The third kappa shape index (κ3) is 2.03. The van der Waals surface area contributed by atoms with Crippen molar-refractivity contribution in [1.29, 1.82) is 0 Å². The minimum Gasteiger partial charge on any atom is -0.494 e. The summed E-state index contributed by atoms with van der Waals surface area (Å²) in [5, 5.41) is 7.91. The molecule has 3 aromatic heterocycles. The summed E-state index contributed by atoms with van der Waals surface area (Å²) in [6, 6.07) is 7.41. The SMILES string of the molecule is COc1ccc(OC)c2[nH]c(-c3nonc3-n3cccc3)nc12. The number of H-pyrrole nitrogens is 1. The number of aromatic amines is 1. The molecule has 0 spiro atoms. The molecular weight excluding hydrogens is 298 g/mol. The maximum Gasteiger partial charge on any atom is 0.212 e. The molecule has 116 valence electrons. The molecule has 8 nitrogen and oxygen atoms in total. The number of ether oxygens (including phenoxy) is 2. The Morgan fingerprint density at radius 3 is 2.52 bits per heavy atom. The normalized spacial score (nSPS) is 11.0. The van der Waals surface area contributed by atoms with Crippen LogP contribution < -0.4 is 9.47 Å². The molecule has 0 bridgehead atoms. The second-order valence-corrected chi connectivity index (χ2v) is 4.81. The van der Waals surface area contributed by atoms with Crippen LogP contribution in [0.4, 0.5) is 0 Å². The Hall–Kier alpha value is -3.29. The van der Waals surface area contributed by atoms with E-state index in [1.54, 1.807) is 24.9 Å². The van der Waals surface area contributed by atoms with E-state index in [9.17, 15) is 0 Å². The molecule has 4 rings (SSSR count). The molecule has 0 amide bonds. The summed E-state index contributed by atoms with van der Waals surface area (Å²) in [5.74, 6) is 2.38. The molecule has 0 atom stereocenters. The fourth-order valence-electron chi connectivity index (χ4n) is 2.47. The first-order chi connectivity index (χ1) is 11.3. The molecule has 0 fully saturated rings. The molecule has 0 unspecified atom stereocenters. The number of nitrogens with zero attached hydrogens (tertiary/aromatic N) is 4. The van der Waals surface area contributed by atoms with Crippen LogP contribution >= 0.6 is 0 Å². The van der Waals surface area contributed by atoms with Crippen LogP contribution in [0.1, 0.15) is 0 Å². The lowest BCUT2D eigenvalue weighted by Gasteiger charge is -2.03. The van der Waals surface area contributed by atoms with E-state index in [0.717, 1.165) is 5.52 Å². The highest BCUT2D eigenvalue weighted by Gasteiger charge is 2.20. The van der Waals surface area contributed by atoms with Crippen molar-refractivity contribution in [2.45, 2.75) is 0 Å². The molecule has 8 heteroatoms. The zero-order valence-corrected chi connectivity index (χ0v) is 12.5. The number of fused-ring (bicyclic) bond motifs is 1. The monoisotopic (exact) mass is 311 g/mol. The Bertz CT molecular complexity index is 914. The average Bonchev–Trinajstić information content (AvgIpc) is 3.31. The molecule has 0 aliphatic carbocycles. The van der Waals surface area contributed by atoms with Gasteiger partial charge in [-0.3, -0.25) is 0 Å². The van der Waals surface area contributed by atoms with Gasteiger partial charge in [-0.05, 0) is 34.6 Å². The first-order valence-corrected chi connectivity index (χ1v) is 6.89. The Morgan fingerprint density at radius 1 is 1.04 bits per heavy atom. The molecule has 4 aromatic rings. The number of nitrogens with one attached hydrogen (secondary N) is 1. The fraction of sp³-hybridized carbons (Fsp3) is 0.133. The second-order valence-electron chi connectivity index (χ2n) is 4.81. The van der Waals surface area contributed by atoms with E-state index < -0.39 is 0 Å². The summed E-state index contributed by atoms with van der Waals surface area (Å²) in [6.45, 7) is 0. The standard InChI is InChI=1S/C15H13N5O3/c1-21-9-5-6-10(22-2)12-11(9)16-14(17-12)13-15(19-23-18-13)20-7-3-4-8-20/h3-8H,1-2H3,(H,16,17). The first-order valence-electron chi connectivity index (χ1n) is 6.89. The number of hydrogen-bond donors (Lipinski definition) is 1. The van der Waals surface area contributed by atoms with Gasteiger partial charge in [0.15, 0.2) is 11.5 Å². The minimum atomic E-state index is 0.501. The van der Waals surface area contributed by atoms with E-state index >= 15 is 0 Å². The first kappa shape index (κ1) is 13.4. The quantitative estimate of drug-likeness (QED) is 0.622. The third-order valence-corrected chi connectivity index (χ3v) is 3.55. The molecule has 3 heterocycles. The predicted octanol–water partition coefficient (Wildman–Crippen LogP) is 2.42. The summed E-state index contributed by atoms with van der Waals surface area (Å²) in [4.78, 5) is 7.77. The Morgan fingerprint density at radius 2 is 1.78 bits per heavy atom. The predicted molar refractivity (Wildman–Crippen MR) is 81.8 cm³/mol. The van der Waals surface area contributed by atoms with Crippen molar-refractivity contribution >= 4 is 11.0 Å². The summed E-state index contributed by atoms with van der Waals surface area (Å²) < 4.78 is 17.4. The van der Waals surface area contributed by atoms with Gasteiger partial charge in [0.1, 0.15) is 22.5 Å². The van der Waals surface area contributed by atoms with Gasteiger partial charge in [0.2, 0.25) is 5.82 Å². The highest BCUT2D eigenvalue weighted by molar-refractivity contribution is 5.89. The maximum atomic E-state index is 5.37. The van der Waals surface area contributed by atoms with Crippen molar-refractivity contribution in [2.75, 3.05) is 14.2 Å². The summed E-state index contributed by atoms with van der Waals surface area (Å²) >= 11 is 0. The molecule has 0 aliphatic heterocycles. The molecule has 1 aromatic carbocycles. The van der Waals surface area contributed by atoms with Gasteiger partial charge in [0, 0.05) is 12.4 Å². The van der Waals surface area contributed by atoms with E-state index in [0.29, 0.717) is 34.4 Å². The van der Waals surface area contributed by atoms with Crippen molar-refractivity contribution in [3.63, 3.8) is 0 Å². The molecule has 0 aliphatic rings. The van der Waals surface area contributed by atoms with Crippen LogP contribution in [0, 0.1) is 0 Å². The van der Waals surface area contributed by atoms with E-state index in [-0.39, 0.29) is 0 Å². The largest absolute Gasteiger partial charge is 0.494 e. The maximum absolute atomic E-state index is 5.37.